The van der Waals surface area contributed by atoms with E-state index in [0.29, 0.717) is 6.42 Å². The average molecular weight is 494 g/mol. The summed E-state index contributed by atoms with van der Waals surface area (Å²) < 4.78 is 0. The number of hydrogen-bond acceptors (Lipinski definition) is 2. The van der Waals surface area contributed by atoms with Crippen LogP contribution in [0.5, 0.6) is 0 Å². The molecule has 0 aliphatic carbocycles. The second-order valence-corrected chi connectivity index (χ2v) is 10.4. The summed E-state index contributed by atoms with van der Waals surface area (Å²) in [5, 5.41) is 8.46. The molecule has 202 valence electrons. The van der Waals surface area contributed by atoms with Crippen molar-refractivity contribution in [2.45, 2.75) is 168 Å². The maximum atomic E-state index is 10.3. The van der Waals surface area contributed by atoms with Gasteiger partial charge in [-0.1, -0.05) is 149 Å². The Hall–Kier alpha value is 0.430. The van der Waals surface area contributed by atoms with Gasteiger partial charge in [0.2, 0.25) is 0 Å². The van der Waals surface area contributed by atoms with E-state index < -0.39 is 5.97 Å². The van der Waals surface area contributed by atoms with Crippen molar-refractivity contribution in [3.63, 3.8) is 0 Å². The van der Waals surface area contributed by atoms with Gasteiger partial charge >= 0.3 is 35.5 Å². The zero-order valence-corrected chi connectivity index (χ0v) is 23.5. The topological polar surface area (TPSA) is 40.5 Å². The maximum absolute atomic E-state index is 10.3. The second kappa shape index (κ2) is 35.6. The Morgan fingerprint density at radius 1 is 0.500 bits per heavy atom. The van der Waals surface area contributed by atoms with Crippen LogP contribution >= 0.6 is 0 Å². The summed E-state index contributed by atoms with van der Waals surface area (Å²) in [6.07, 6.45) is 31.7. The molecular weight excluding hydrogens is 429 g/mol. The first-order chi connectivity index (χ1) is 16.0. The van der Waals surface area contributed by atoms with Crippen molar-refractivity contribution in [2.75, 3.05) is 20.6 Å². The molecule has 0 spiro atoms. The van der Waals surface area contributed by atoms with Crippen LogP contribution in [0.3, 0.4) is 0 Å². The summed E-state index contributed by atoms with van der Waals surface area (Å²) in [4.78, 5) is 12.5. The number of carboxylic acids is 1. The number of carbonyl (C=O) groups is 1. The molecule has 34 heavy (non-hydrogen) atoms. The summed E-state index contributed by atoms with van der Waals surface area (Å²) in [5.74, 6) is -0.657. The molecule has 0 bridgehead atoms. The number of nitrogens with zero attached hydrogens (tertiary/aromatic N) is 1. The van der Waals surface area contributed by atoms with Gasteiger partial charge in [-0.2, -0.15) is 0 Å². The van der Waals surface area contributed by atoms with Gasteiger partial charge in [-0.05, 0) is 33.5 Å². The van der Waals surface area contributed by atoms with Gasteiger partial charge in [0.25, 0.3) is 0 Å². The number of aliphatic carboxylic acids is 1. The van der Waals surface area contributed by atoms with Gasteiger partial charge in [0, 0.05) is 6.42 Å². The summed E-state index contributed by atoms with van der Waals surface area (Å²) in [7, 11) is 4.33. The van der Waals surface area contributed by atoms with Gasteiger partial charge in [-0.25, -0.2) is 0 Å². The third-order valence-corrected chi connectivity index (χ3v) is 6.45. The van der Waals surface area contributed by atoms with Gasteiger partial charge < -0.3 is 10.0 Å². The molecule has 0 unspecified atom stereocenters. The van der Waals surface area contributed by atoms with Crippen LogP contribution < -0.4 is 0 Å². The van der Waals surface area contributed by atoms with Crippen LogP contribution in [0.4, 0.5) is 0 Å². The van der Waals surface area contributed by atoms with E-state index in [1.807, 2.05) is 0 Å². The molecule has 0 aromatic heterocycles. The normalized spacial score (nSPS) is 10.6. The molecule has 0 saturated carbocycles. The Morgan fingerprint density at radius 3 is 1.03 bits per heavy atom. The molecule has 0 aliphatic rings. The Labute approximate surface area is 237 Å². The van der Waals surface area contributed by atoms with Crippen LogP contribution in [0.1, 0.15) is 168 Å². The van der Waals surface area contributed by atoms with Gasteiger partial charge in [0.1, 0.15) is 0 Å². The summed E-state index contributed by atoms with van der Waals surface area (Å²) in [6, 6.07) is 0. The molecule has 1 N–H and O–H groups in total. The van der Waals surface area contributed by atoms with E-state index in [0.717, 1.165) is 12.8 Å². The first kappa shape index (κ1) is 39.0. The van der Waals surface area contributed by atoms with E-state index >= 15 is 0 Å². The van der Waals surface area contributed by atoms with E-state index in [1.54, 1.807) is 0 Å². The second-order valence-electron chi connectivity index (χ2n) is 10.4. The molecular formula is C30H64NNaO2. The van der Waals surface area contributed by atoms with Crippen LogP contribution in [0, 0.1) is 0 Å². The third kappa shape index (κ3) is 42.6. The van der Waals surface area contributed by atoms with Gasteiger partial charge in [-0.3, -0.25) is 4.79 Å². The first-order valence-corrected chi connectivity index (χ1v) is 14.9. The Morgan fingerprint density at radius 2 is 0.765 bits per heavy atom. The van der Waals surface area contributed by atoms with Crippen molar-refractivity contribution >= 4 is 35.5 Å². The fraction of sp³-hybridized carbons (Fsp3) is 0.967. The van der Waals surface area contributed by atoms with Crippen LogP contribution in [0.2, 0.25) is 0 Å². The molecule has 0 amide bonds. The van der Waals surface area contributed by atoms with Crippen molar-refractivity contribution in [1.29, 1.82) is 0 Å². The summed E-state index contributed by atoms with van der Waals surface area (Å²) >= 11 is 0. The molecule has 4 heteroatoms. The molecule has 0 rings (SSSR count). The van der Waals surface area contributed by atoms with Crippen molar-refractivity contribution in [3.05, 3.63) is 0 Å². The average Bonchev–Trinajstić information content (AvgIpc) is 2.78. The van der Waals surface area contributed by atoms with E-state index in [2.05, 4.69) is 32.8 Å². The summed E-state index contributed by atoms with van der Waals surface area (Å²) in [5.41, 5.74) is 0. The van der Waals surface area contributed by atoms with Gasteiger partial charge in [0.15, 0.2) is 0 Å². The fourth-order valence-electron chi connectivity index (χ4n) is 4.21. The van der Waals surface area contributed by atoms with Crippen LogP contribution in [-0.2, 0) is 4.79 Å². The molecule has 0 saturated heterocycles. The quantitative estimate of drug-likeness (QED) is 0.102. The number of rotatable bonds is 25. The van der Waals surface area contributed by atoms with Crippen LogP contribution in [0.15, 0.2) is 0 Å². The minimum absolute atomic E-state index is 0. The first-order valence-electron chi connectivity index (χ1n) is 14.9. The van der Waals surface area contributed by atoms with Crippen molar-refractivity contribution in [3.8, 4) is 0 Å². The van der Waals surface area contributed by atoms with Crippen molar-refractivity contribution in [2.24, 2.45) is 0 Å². The molecule has 0 aromatic carbocycles. The molecule has 0 heterocycles. The third-order valence-electron chi connectivity index (χ3n) is 6.45. The number of carboxylic acid groups (broad SMARTS) is 1. The Balaban J connectivity index is -0.000000550. The SMILES string of the molecule is CCCCCCCCCCCCCC(=O)O.CCCCCCCCCCCCCCN(C)C.[NaH]. The van der Waals surface area contributed by atoms with E-state index in [1.165, 1.54) is 141 Å². The zero-order chi connectivity index (χ0) is 24.8. The number of hydrogen-bond donors (Lipinski definition) is 1. The van der Waals surface area contributed by atoms with E-state index in [4.69, 9.17) is 5.11 Å². The standard InChI is InChI=1S/C16H35N.C14H28O2.Na.H/c1-4-5-6-7-8-9-10-11-12-13-14-15-16-17(2)3;1-2-3-4-5-6-7-8-9-10-11-12-13-14(15)16;;/h4-16H2,1-3H3;2-13H2,1H3,(H,15,16);;. The van der Waals surface area contributed by atoms with Gasteiger partial charge in [0.05, 0.1) is 0 Å². The fourth-order valence-corrected chi connectivity index (χ4v) is 4.21. The van der Waals surface area contributed by atoms with E-state index in [9.17, 15) is 4.79 Å². The zero-order valence-electron chi connectivity index (χ0n) is 23.5. The van der Waals surface area contributed by atoms with Crippen molar-refractivity contribution < 1.29 is 9.90 Å². The van der Waals surface area contributed by atoms with Crippen LogP contribution in [-0.4, -0.2) is 66.2 Å². The molecule has 0 fully saturated rings. The predicted octanol–water partition coefficient (Wildman–Crippen LogP) is 9.37. The summed E-state index contributed by atoms with van der Waals surface area (Å²) in [6.45, 7) is 5.80. The molecule has 0 aromatic rings. The molecule has 0 aliphatic heterocycles. The Bertz CT molecular complexity index is 364. The van der Waals surface area contributed by atoms with Crippen molar-refractivity contribution in [1.82, 2.24) is 4.90 Å². The monoisotopic (exact) mass is 493 g/mol. The Kier molecular flexibility index (Phi) is 40.8. The minimum atomic E-state index is -0.657. The molecule has 0 atom stereocenters. The van der Waals surface area contributed by atoms with Gasteiger partial charge in [-0.15, -0.1) is 0 Å². The predicted molar refractivity (Wildman–Crippen MR) is 155 cm³/mol. The van der Waals surface area contributed by atoms with E-state index in [-0.39, 0.29) is 29.6 Å². The molecule has 3 nitrogen and oxygen atoms in total. The number of unbranched alkanes of at least 4 members (excludes halogenated alkanes) is 21. The molecule has 0 radical (unpaired) electrons. The van der Waals surface area contributed by atoms with Crippen LogP contribution in [0.25, 0.3) is 0 Å².